The van der Waals surface area contributed by atoms with Crippen LogP contribution in [0.1, 0.15) is 11.1 Å². The summed E-state index contributed by atoms with van der Waals surface area (Å²) < 4.78 is 13.1. The van der Waals surface area contributed by atoms with E-state index in [9.17, 15) is 19.6 Å². The molecule has 0 amide bonds. The van der Waals surface area contributed by atoms with Crippen LogP contribution in [0, 0.1) is 22.9 Å². The van der Waals surface area contributed by atoms with Crippen molar-refractivity contribution in [1.82, 2.24) is 0 Å². The van der Waals surface area contributed by atoms with Crippen molar-refractivity contribution in [3.05, 3.63) is 63.5 Å². The van der Waals surface area contributed by atoms with Crippen molar-refractivity contribution in [2.45, 2.75) is 13.5 Å². The summed E-state index contributed by atoms with van der Waals surface area (Å²) in [5.74, 6) is -0.650. The molecule has 2 aromatic rings. The first kappa shape index (κ1) is 13.8. The zero-order chi connectivity index (χ0) is 14.7. The molecule has 0 saturated carbocycles. The van der Waals surface area contributed by atoms with Crippen molar-refractivity contribution >= 4 is 11.4 Å². The molecule has 0 saturated heterocycles. The van der Waals surface area contributed by atoms with E-state index in [1.807, 2.05) is 0 Å². The van der Waals surface area contributed by atoms with Gasteiger partial charge < -0.3 is 10.4 Å². The quantitative estimate of drug-likeness (QED) is 0.663. The van der Waals surface area contributed by atoms with Gasteiger partial charge in [0.1, 0.15) is 11.6 Å². The van der Waals surface area contributed by atoms with Gasteiger partial charge in [-0.05, 0) is 36.8 Å². The van der Waals surface area contributed by atoms with Crippen LogP contribution in [0.4, 0.5) is 15.8 Å². The fraction of sp³-hybridized carbons (Fsp3) is 0.143. The molecule has 0 aliphatic carbocycles. The molecule has 0 unspecified atom stereocenters. The number of nitro groups is 1. The monoisotopic (exact) mass is 276 g/mol. The Balaban J connectivity index is 2.11. The third-order valence-electron chi connectivity index (χ3n) is 2.83. The van der Waals surface area contributed by atoms with Gasteiger partial charge in [-0.3, -0.25) is 10.1 Å². The molecule has 0 bridgehead atoms. The minimum atomic E-state index is -0.512. The van der Waals surface area contributed by atoms with Gasteiger partial charge in [0, 0.05) is 29.9 Å². The van der Waals surface area contributed by atoms with Crippen LogP contribution in [0.2, 0.25) is 0 Å². The van der Waals surface area contributed by atoms with Crippen molar-refractivity contribution in [3.63, 3.8) is 0 Å². The number of anilines is 1. The van der Waals surface area contributed by atoms with Crippen LogP contribution in [-0.4, -0.2) is 10.0 Å². The molecular weight excluding hydrogens is 263 g/mol. The summed E-state index contributed by atoms with van der Waals surface area (Å²) in [7, 11) is 0. The highest BCUT2D eigenvalue weighted by atomic mass is 19.1. The summed E-state index contributed by atoms with van der Waals surface area (Å²) in [6, 6.07) is 8.45. The molecule has 20 heavy (non-hydrogen) atoms. The lowest BCUT2D eigenvalue weighted by atomic mass is 10.1. The van der Waals surface area contributed by atoms with Crippen molar-refractivity contribution in [1.29, 1.82) is 0 Å². The van der Waals surface area contributed by atoms with Crippen molar-refractivity contribution < 1.29 is 14.4 Å². The Bertz CT molecular complexity index is 639. The molecule has 0 radical (unpaired) electrons. The molecule has 5 nitrogen and oxygen atoms in total. The van der Waals surface area contributed by atoms with Gasteiger partial charge in [0.2, 0.25) is 0 Å². The molecule has 6 heteroatoms. The smallest absolute Gasteiger partial charge is 0.272 e. The second-order valence-electron chi connectivity index (χ2n) is 4.43. The van der Waals surface area contributed by atoms with E-state index in [0.717, 1.165) is 6.07 Å². The molecule has 2 aromatic carbocycles. The lowest BCUT2D eigenvalue weighted by Crippen LogP contribution is -2.01. The number of aromatic hydroxyl groups is 1. The van der Waals surface area contributed by atoms with Gasteiger partial charge in [-0.2, -0.15) is 0 Å². The SMILES string of the molecule is Cc1cc(NCc2cc(O)cc(F)c2)ccc1[N+](=O)[O-]. The van der Waals surface area contributed by atoms with E-state index in [1.54, 1.807) is 19.1 Å². The fourth-order valence-corrected chi connectivity index (χ4v) is 1.91. The number of hydrogen-bond acceptors (Lipinski definition) is 4. The molecule has 0 atom stereocenters. The largest absolute Gasteiger partial charge is 0.508 e. The first-order valence-electron chi connectivity index (χ1n) is 5.93. The molecule has 0 aliphatic heterocycles. The maximum atomic E-state index is 13.1. The number of halogens is 1. The molecular formula is C14H13FN2O3. The number of benzene rings is 2. The Morgan fingerprint density at radius 2 is 2.05 bits per heavy atom. The van der Waals surface area contributed by atoms with Crippen molar-refractivity contribution in [3.8, 4) is 5.75 Å². The highest BCUT2D eigenvalue weighted by molar-refractivity contribution is 5.53. The maximum Gasteiger partial charge on any atom is 0.272 e. The summed E-state index contributed by atoms with van der Waals surface area (Å²) in [5, 5.41) is 23.0. The molecule has 0 heterocycles. The van der Waals surface area contributed by atoms with Gasteiger partial charge >= 0.3 is 0 Å². The number of nitro benzene ring substituents is 1. The summed E-state index contributed by atoms with van der Waals surface area (Å²) in [4.78, 5) is 10.3. The van der Waals surface area contributed by atoms with Crippen LogP contribution < -0.4 is 5.32 Å². The molecule has 0 fully saturated rings. The molecule has 2 N–H and O–H groups in total. The van der Waals surface area contributed by atoms with Crippen molar-refractivity contribution in [2.24, 2.45) is 0 Å². The predicted octanol–water partition coefficient (Wildman–Crippen LogP) is 3.36. The molecule has 0 spiro atoms. The second kappa shape index (κ2) is 5.56. The predicted molar refractivity (Wildman–Crippen MR) is 73.2 cm³/mol. The van der Waals surface area contributed by atoms with Crippen LogP contribution in [0.5, 0.6) is 5.75 Å². The first-order chi connectivity index (χ1) is 9.45. The Hall–Kier alpha value is -2.63. The third-order valence-corrected chi connectivity index (χ3v) is 2.83. The minimum absolute atomic E-state index is 0.0546. The zero-order valence-electron chi connectivity index (χ0n) is 10.8. The summed E-state index contributed by atoms with van der Waals surface area (Å²) in [5.41, 5.74) is 1.87. The average molecular weight is 276 g/mol. The van der Waals surface area contributed by atoms with Crippen LogP contribution in [0.25, 0.3) is 0 Å². The Labute approximate surface area is 114 Å². The second-order valence-corrected chi connectivity index (χ2v) is 4.43. The lowest BCUT2D eigenvalue weighted by Gasteiger charge is -2.08. The Morgan fingerprint density at radius 3 is 2.65 bits per heavy atom. The van der Waals surface area contributed by atoms with E-state index >= 15 is 0 Å². The lowest BCUT2D eigenvalue weighted by molar-refractivity contribution is -0.385. The van der Waals surface area contributed by atoms with Crippen molar-refractivity contribution in [2.75, 3.05) is 5.32 Å². The van der Waals surface area contributed by atoms with E-state index in [4.69, 9.17) is 0 Å². The number of hydrogen-bond donors (Lipinski definition) is 2. The van der Waals surface area contributed by atoms with Crippen LogP contribution in [0.15, 0.2) is 36.4 Å². The van der Waals surface area contributed by atoms with E-state index in [2.05, 4.69) is 5.32 Å². The number of phenols is 1. The van der Waals surface area contributed by atoms with Gasteiger partial charge in [-0.15, -0.1) is 0 Å². The number of phenolic OH excluding ortho intramolecular Hbond substituents is 1. The normalized spacial score (nSPS) is 10.3. The maximum absolute atomic E-state index is 13.1. The molecule has 104 valence electrons. The van der Waals surface area contributed by atoms with Crippen LogP contribution in [-0.2, 0) is 6.54 Å². The van der Waals surface area contributed by atoms with Gasteiger partial charge in [0.15, 0.2) is 0 Å². The zero-order valence-corrected chi connectivity index (χ0v) is 10.8. The third kappa shape index (κ3) is 3.23. The van der Waals surface area contributed by atoms with E-state index < -0.39 is 10.7 Å². The number of aryl methyl sites for hydroxylation is 1. The minimum Gasteiger partial charge on any atom is -0.508 e. The Kier molecular flexibility index (Phi) is 3.84. The van der Waals surface area contributed by atoms with Gasteiger partial charge in [-0.25, -0.2) is 4.39 Å². The van der Waals surface area contributed by atoms with Gasteiger partial charge in [0.05, 0.1) is 4.92 Å². The van der Waals surface area contributed by atoms with Gasteiger partial charge in [-0.1, -0.05) is 0 Å². The van der Waals surface area contributed by atoms with Gasteiger partial charge in [0.25, 0.3) is 5.69 Å². The average Bonchev–Trinajstić information content (AvgIpc) is 2.35. The summed E-state index contributed by atoms with van der Waals surface area (Å²) >= 11 is 0. The number of nitrogens with zero attached hydrogens (tertiary/aromatic N) is 1. The Morgan fingerprint density at radius 1 is 1.30 bits per heavy atom. The highest BCUT2D eigenvalue weighted by Crippen LogP contribution is 2.22. The van der Waals surface area contributed by atoms with E-state index in [-0.39, 0.29) is 11.4 Å². The molecule has 2 rings (SSSR count). The molecule has 0 aromatic heterocycles. The van der Waals surface area contributed by atoms with Crippen LogP contribution >= 0.6 is 0 Å². The number of rotatable bonds is 4. The van der Waals surface area contributed by atoms with Crippen LogP contribution in [0.3, 0.4) is 0 Å². The molecule has 0 aliphatic rings. The number of nitrogens with one attached hydrogen (secondary N) is 1. The highest BCUT2D eigenvalue weighted by Gasteiger charge is 2.10. The standard InChI is InChI=1S/C14H13FN2O3/c1-9-4-12(2-3-14(9)17(19)20)16-8-10-5-11(15)7-13(18)6-10/h2-7,16,18H,8H2,1H3. The summed E-state index contributed by atoms with van der Waals surface area (Å²) in [6.45, 7) is 1.96. The van der Waals surface area contributed by atoms with E-state index in [0.29, 0.717) is 23.4 Å². The first-order valence-corrected chi connectivity index (χ1v) is 5.93. The van der Waals surface area contributed by atoms with E-state index in [1.165, 1.54) is 18.2 Å². The fourth-order valence-electron chi connectivity index (χ4n) is 1.91. The summed E-state index contributed by atoms with van der Waals surface area (Å²) in [6.07, 6.45) is 0. The topological polar surface area (TPSA) is 75.4 Å².